The maximum Gasteiger partial charge on any atom is 0.290 e. The fraction of sp³-hybridized carbons (Fsp3) is 0.304. The first kappa shape index (κ1) is 19.8. The normalized spacial score (nSPS) is 19.2. The molecule has 6 nitrogen and oxygen atoms in total. The molecular weight excluding hydrogens is 406 g/mol. The molecule has 0 radical (unpaired) electrons. The Hall–Kier alpha value is -3.10. The van der Waals surface area contributed by atoms with Crippen molar-refractivity contribution >= 4 is 16.9 Å². The number of morpholine rings is 1. The number of hydrogen-bond donors (Lipinski definition) is 0. The molecule has 1 aromatic heterocycles. The fourth-order valence-corrected chi connectivity index (χ4v) is 4.29. The van der Waals surface area contributed by atoms with E-state index in [1.54, 1.807) is 17.0 Å². The number of hydrogen-bond acceptors (Lipinski definition) is 5. The molecule has 0 spiro atoms. The molecule has 0 aliphatic carbocycles. The highest BCUT2D eigenvalue weighted by atomic mass is 19.1. The van der Waals surface area contributed by atoms with Crippen molar-refractivity contribution in [2.24, 2.45) is 0 Å². The van der Waals surface area contributed by atoms with Gasteiger partial charge in [-0.2, -0.15) is 0 Å². The number of benzene rings is 2. The van der Waals surface area contributed by atoms with Gasteiger partial charge in [-0.15, -0.1) is 0 Å². The maximum atomic E-state index is 13.8. The number of nitrogens with zero attached hydrogens (tertiary/aromatic N) is 2. The van der Waals surface area contributed by atoms with Crippen LogP contribution in [0.5, 0.6) is 0 Å². The third-order valence-corrected chi connectivity index (χ3v) is 5.87. The molecule has 1 amide bonds. The standard InChI is InChI=1S/C23H20F2N2O4/c24-15-3-1-14(2-4-15)20-19-21(28)17-13-16(25)5-6-18(17)31-22(19)23(29)27(20)8-7-26-9-11-30-12-10-26/h1-6,13,20H,7-12H2. The van der Waals surface area contributed by atoms with Gasteiger partial charge in [-0.05, 0) is 35.9 Å². The summed E-state index contributed by atoms with van der Waals surface area (Å²) in [6.45, 7) is 3.74. The molecule has 2 aromatic carbocycles. The summed E-state index contributed by atoms with van der Waals surface area (Å²) in [6.07, 6.45) is 0. The van der Waals surface area contributed by atoms with Crippen LogP contribution in [0.1, 0.15) is 27.7 Å². The monoisotopic (exact) mass is 426 g/mol. The van der Waals surface area contributed by atoms with E-state index in [0.717, 1.165) is 19.2 Å². The van der Waals surface area contributed by atoms with Crippen molar-refractivity contribution in [3.8, 4) is 0 Å². The van der Waals surface area contributed by atoms with Gasteiger partial charge in [-0.3, -0.25) is 14.5 Å². The second-order valence-electron chi connectivity index (χ2n) is 7.72. The van der Waals surface area contributed by atoms with Crippen molar-refractivity contribution in [1.82, 2.24) is 9.80 Å². The Labute approximate surface area is 176 Å². The van der Waals surface area contributed by atoms with Crippen molar-refractivity contribution in [2.45, 2.75) is 6.04 Å². The van der Waals surface area contributed by atoms with Gasteiger partial charge in [-0.1, -0.05) is 12.1 Å². The highest BCUT2D eigenvalue weighted by molar-refractivity contribution is 5.99. The van der Waals surface area contributed by atoms with E-state index in [4.69, 9.17) is 9.15 Å². The minimum absolute atomic E-state index is 0.0413. The van der Waals surface area contributed by atoms with Crippen LogP contribution in [0.3, 0.4) is 0 Å². The number of halogens is 2. The first-order chi connectivity index (χ1) is 15.0. The second-order valence-corrected chi connectivity index (χ2v) is 7.72. The summed E-state index contributed by atoms with van der Waals surface area (Å²) in [6, 6.07) is 8.62. The van der Waals surface area contributed by atoms with Crippen molar-refractivity contribution in [3.05, 3.63) is 81.2 Å². The Morgan fingerprint density at radius 2 is 1.65 bits per heavy atom. The van der Waals surface area contributed by atoms with Crippen LogP contribution in [-0.4, -0.2) is 55.1 Å². The SMILES string of the molecule is O=C1c2oc3ccc(F)cc3c(=O)c2C(c2ccc(F)cc2)N1CCN1CCOCC1. The fourth-order valence-electron chi connectivity index (χ4n) is 4.29. The lowest BCUT2D eigenvalue weighted by atomic mass is 9.98. The van der Waals surface area contributed by atoms with E-state index in [9.17, 15) is 18.4 Å². The average molecular weight is 426 g/mol. The number of fused-ring (bicyclic) bond motifs is 2. The molecule has 1 saturated heterocycles. The molecule has 31 heavy (non-hydrogen) atoms. The van der Waals surface area contributed by atoms with E-state index < -0.39 is 29.0 Å². The van der Waals surface area contributed by atoms with Gasteiger partial charge in [0.05, 0.1) is 30.2 Å². The van der Waals surface area contributed by atoms with Gasteiger partial charge in [0.2, 0.25) is 5.76 Å². The lowest BCUT2D eigenvalue weighted by Crippen LogP contribution is -2.42. The Morgan fingerprint density at radius 1 is 0.935 bits per heavy atom. The molecule has 1 atom stereocenters. The second kappa shape index (κ2) is 7.86. The van der Waals surface area contributed by atoms with Crippen molar-refractivity contribution in [2.75, 3.05) is 39.4 Å². The Morgan fingerprint density at radius 3 is 2.39 bits per heavy atom. The van der Waals surface area contributed by atoms with Gasteiger partial charge < -0.3 is 14.1 Å². The summed E-state index contributed by atoms with van der Waals surface area (Å²) in [4.78, 5) is 30.4. The van der Waals surface area contributed by atoms with Crippen molar-refractivity contribution < 1.29 is 22.7 Å². The Bertz CT molecular complexity index is 1200. The molecule has 0 N–H and O–H groups in total. The van der Waals surface area contributed by atoms with Crippen LogP contribution in [0, 0.1) is 11.6 Å². The summed E-state index contributed by atoms with van der Waals surface area (Å²) in [5.74, 6) is -1.42. The molecule has 2 aliphatic heterocycles. The van der Waals surface area contributed by atoms with Crippen LogP contribution < -0.4 is 5.43 Å². The molecule has 3 heterocycles. The first-order valence-corrected chi connectivity index (χ1v) is 10.2. The smallest absolute Gasteiger partial charge is 0.290 e. The van der Waals surface area contributed by atoms with Crippen molar-refractivity contribution in [3.63, 3.8) is 0 Å². The quantitative estimate of drug-likeness (QED) is 0.642. The summed E-state index contributed by atoms with van der Waals surface area (Å²) in [7, 11) is 0. The summed E-state index contributed by atoms with van der Waals surface area (Å²) in [5, 5.41) is 0.0775. The van der Waals surface area contributed by atoms with Crippen LogP contribution in [0.25, 0.3) is 11.0 Å². The lowest BCUT2D eigenvalue weighted by molar-refractivity contribution is 0.0314. The minimum atomic E-state index is -0.729. The predicted octanol–water partition coefficient (Wildman–Crippen LogP) is 2.95. The molecule has 0 bridgehead atoms. The van der Waals surface area contributed by atoms with Gasteiger partial charge >= 0.3 is 0 Å². The maximum absolute atomic E-state index is 13.8. The van der Waals surface area contributed by atoms with Gasteiger partial charge in [0, 0.05) is 26.2 Å². The zero-order valence-electron chi connectivity index (χ0n) is 16.6. The van der Waals surface area contributed by atoms with Gasteiger partial charge in [-0.25, -0.2) is 8.78 Å². The summed E-state index contributed by atoms with van der Waals surface area (Å²) >= 11 is 0. The van der Waals surface area contributed by atoms with Gasteiger partial charge in [0.25, 0.3) is 5.91 Å². The Balaban J connectivity index is 1.60. The molecule has 3 aromatic rings. The number of carbonyl (C=O) groups excluding carboxylic acids is 1. The lowest BCUT2D eigenvalue weighted by Gasteiger charge is -2.31. The third-order valence-electron chi connectivity index (χ3n) is 5.87. The topological polar surface area (TPSA) is 63.0 Å². The van der Waals surface area contributed by atoms with Crippen LogP contribution in [-0.2, 0) is 4.74 Å². The highest BCUT2D eigenvalue weighted by Gasteiger charge is 2.42. The highest BCUT2D eigenvalue weighted by Crippen LogP contribution is 2.38. The van der Waals surface area contributed by atoms with E-state index in [0.29, 0.717) is 31.9 Å². The van der Waals surface area contributed by atoms with Crippen molar-refractivity contribution in [1.29, 1.82) is 0 Å². The molecule has 160 valence electrons. The Kier molecular flexibility index (Phi) is 5.03. The van der Waals surface area contributed by atoms with Gasteiger partial charge in [0.15, 0.2) is 5.43 Å². The summed E-state index contributed by atoms with van der Waals surface area (Å²) in [5.41, 5.74) is 0.467. The minimum Gasteiger partial charge on any atom is -0.450 e. The molecule has 2 aliphatic rings. The molecule has 1 fully saturated rings. The predicted molar refractivity (Wildman–Crippen MR) is 109 cm³/mol. The molecule has 5 rings (SSSR count). The molecule has 1 unspecified atom stereocenters. The van der Waals surface area contributed by atoms with E-state index >= 15 is 0 Å². The van der Waals surface area contributed by atoms with Crippen LogP contribution in [0.15, 0.2) is 51.7 Å². The van der Waals surface area contributed by atoms with Gasteiger partial charge in [0.1, 0.15) is 17.2 Å². The van der Waals surface area contributed by atoms with E-state index in [-0.39, 0.29) is 22.3 Å². The van der Waals surface area contributed by atoms with Crippen LogP contribution in [0.2, 0.25) is 0 Å². The number of ether oxygens (including phenoxy) is 1. The largest absolute Gasteiger partial charge is 0.450 e. The number of amides is 1. The molecule has 0 saturated carbocycles. The zero-order chi connectivity index (χ0) is 21.5. The molecule has 8 heteroatoms. The van der Waals surface area contributed by atoms with E-state index in [1.807, 2.05) is 0 Å². The van der Waals surface area contributed by atoms with E-state index in [2.05, 4.69) is 4.90 Å². The third kappa shape index (κ3) is 3.51. The zero-order valence-corrected chi connectivity index (χ0v) is 16.6. The first-order valence-electron chi connectivity index (χ1n) is 10.2. The summed E-state index contributed by atoms with van der Waals surface area (Å²) < 4.78 is 38.5. The number of carbonyl (C=O) groups is 1. The van der Waals surface area contributed by atoms with E-state index in [1.165, 1.54) is 24.3 Å². The molecular formula is C23H20F2N2O4. The number of rotatable bonds is 4. The average Bonchev–Trinajstić information content (AvgIpc) is 3.06. The van der Waals surface area contributed by atoms with Crippen LogP contribution >= 0.6 is 0 Å². The van der Waals surface area contributed by atoms with Crippen LogP contribution in [0.4, 0.5) is 8.78 Å².